The number of piperazine rings is 1. The number of anilines is 2. The molecule has 1 fully saturated rings. The van der Waals surface area contributed by atoms with E-state index in [0.717, 1.165) is 42.5 Å². The highest BCUT2D eigenvalue weighted by molar-refractivity contribution is 5.69. The predicted molar refractivity (Wildman–Crippen MR) is 88.7 cm³/mol. The molecule has 8 heteroatoms. The van der Waals surface area contributed by atoms with Gasteiger partial charge in [-0.3, -0.25) is 0 Å². The Bertz CT molecular complexity index is 860. The van der Waals surface area contributed by atoms with Crippen LogP contribution in [0.2, 0.25) is 0 Å². The van der Waals surface area contributed by atoms with Gasteiger partial charge in [0.1, 0.15) is 18.0 Å². The van der Waals surface area contributed by atoms with E-state index in [2.05, 4.69) is 37.0 Å². The van der Waals surface area contributed by atoms with Gasteiger partial charge in [0, 0.05) is 25.7 Å². The second-order valence-corrected chi connectivity index (χ2v) is 6.09. The van der Waals surface area contributed by atoms with Crippen molar-refractivity contribution in [3.05, 3.63) is 42.2 Å². The average molecular weight is 327 g/mol. The Kier molecular flexibility index (Phi) is 3.51. The molecule has 4 heterocycles. The first-order valence-corrected chi connectivity index (χ1v) is 7.92. The van der Waals surface area contributed by atoms with Gasteiger partial charge < -0.3 is 9.80 Å². The zero-order valence-corrected chi connectivity index (χ0v) is 13.6. The van der Waals surface area contributed by atoms with E-state index in [4.69, 9.17) is 0 Å². The van der Waals surface area contributed by atoms with Gasteiger partial charge in [-0.1, -0.05) is 0 Å². The molecule has 24 heavy (non-hydrogen) atoms. The van der Waals surface area contributed by atoms with E-state index in [-0.39, 0.29) is 11.9 Å². The number of hydrogen-bond donors (Lipinski definition) is 0. The van der Waals surface area contributed by atoms with Crippen molar-refractivity contribution in [2.75, 3.05) is 29.4 Å². The maximum atomic E-state index is 13.1. The molecule has 1 aliphatic heterocycles. The smallest absolute Gasteiger partial charge is 0.200 e. The normalized spacial score (nSPS) is 18.4. The van der Waals surface area contributed by atoms with Gasteiger partial charge in [-0.2, -0.15) is 9.61 Å². The van der Waals surface area contributed by atoms with Crippen LogP contribution in [0.15, 0.2) is 30.7 Å². The lowest BCUT2D eigenvalue weighted by molar-refractivity contribution is 0.543. The topological polar surface area (TPSA) is 62.5 Å². The van der Waals surface area contributed by atoms with Crippen LogP contribution in [0.4, 0.5) is 15.9 Å². The number of nitrogens with zero attached hydrogens (tertiary/aromatic N) is 7. The first kappa shape index (κ1) is 14.8. The highest BCUT2D eigenvalue weighted by atomic mass is 19.1. The van der Waals surface area contributed by atoms with Crippen LogP contribution in [0.5, 0.6) is 0 Å². The van der Waals surface area contributed by atoms with Crippen LogP contribution < -0.4 is 9.80 Å². The summed E-state index contributed by atoms with van der Waals surface area (Å²) in [7, 11) is 0. The van der Waals surface area contributed by atoms with Gasteiger partial charge in [0.25, 0.3) is 0 Å². The van der Waals surface area contributed by atoms with Crippen LogP contribution >= 0.6 is 0 Å². The summed E-state index contributed by atoms with van der Waals surface area (Å²) >= 11 is 0. The van der Waals surface area contributed by atoms with Crippen molar-refractivity contribution in [1.29, 1.82) is 0 Å². The third kappa shape index (κ3) is 2.53. The molecule has 0 saturated carbocycles. The third-order valence-corrected chi connectivity index (χ3v) is 4.34. The van der Waals surface area contributed by atoms with Gasteiger partial charge in [-0.15, -0.1) is 10.2 Å². The van der Waals surface area contributed by atoms with E-state index in [9.17, 15) is 4.39 Å². The summed E-state index contributed by atoms with van der Waals surface area (Å²) < 4.78 is 14.8. The summed E-state index contributed by atoms with van der Waals surface area (Å²) in [5, 5.41) is 12.5. The molecule has 1 unspecified atom stereocenters. The fraction of sp³-hybridized carbons (Fsp3) is 0.375. The Balaban J connectivity index is 1.60. The minimum atomic E-state index is -0.313. The summed E-state index contributed by atoms with van der Waals surface area (Å²) in [4.78, 5) is 8.70. The fourth-order valence-corrected chi connectivity index (χ4v) is 3.22. The predicted octanol–water partition coefficient (Wildman–Crippen LogP) is 1.68. The number of halogens is 1. The van der Waals surface area contributed by atoms with Gasteiger partial charge in [-0.05, 0) is 32.0 Å². The average Bonchev–Trinajstić information content (AvgIpc) is 3.03. The molecule has 0 aromatic carbocycles. The van der Waals surface area contributed by atoms with Crippen molar-refractivity contribution < 1.29 is 4.39 Å². The summed E-state index contributed by atoms with van der Waals surface area (Å²) in [6, 6.07) is 5.47. The van der Waals surface area contributed by atoms with Gasteiger partial charge in [0.05, 0.1) is 17.6 Å². The molecule has 3 aromatic heterocycles. The zero-order valence-electron chi connectivity index (χ0n) is 13.6. The first-order valence-electron chi connectivity index (χ1n) is 7.92. The van der Waals surface area contributed by atoms with Crippen molar-refractivity contribution in [2.45, 2.75) is 19.9 Å². The molecule has 4 rings (SSSR count). The Labute approximate surface area is 138 Å². The van der Waals surface area contributed by atoms with Crippen LogP contribution in [-0.4, -0.2) is 50.5 Å². The molecule has 0 radical (unpaired) electrons. The molecular formula is C16H18FN7. The van der Waals surface area contributed by atoms with Crippen molar-refractivity contribution in [2.24, 2.45) is 0 Å². The van der Waals surface area contributed by atoms with Crippen LogP contribution in [-0.2, 0) is 0 Å². The molecular weight excluding hydrogens is 309 g/mol. The van der Waals surface area contributed by atoms with E-state index in [1.165, 1.54) is 12.3 Å². The molecule has 0 amide bonds. The lowest BCUT2D eigenvalue weighted by atomic mass is 10.1. The highest BCUT2D eigenvalue weighted by Gasteiger charge is 2.26. The Morgan fingerprint density at radius 2 is 2.12 bits per heavy atom. The molecule has 1 atom stereocenters. The first-order chi connectivity index (χ1) is 11.6. The van der Waals surface area contributed by atoms with Crippen LogP contribution in [0.25, 0.3) is 5.65 Å². The minimum Gasteiger partial charge on any atom is -0.365 e. The van der Waals surface area contributed by atoms with Gasteiger partial charge in [0.15, 0.2) is 0 Å². The van der Waals surface area contributed by atoms with Crippen molar-refractivity contribution in [3.63, 3.8) is 0 Å². The molecule has 0 N–H and O–H groups in total. The highest BCUT2D eigenvalue weighted by Crippen LogP contribution is 2.25. The molecule has 3 aromatic rings. The molecule has 1 aliphatic rings. The fourth-order valence-electron chi connectivity index (χ4n) is 3.22. The van der Waals surface area contributed by atoms with Crippen molar-refractivity contribution in [1.82, 2.24) is 24.8 Å². The molecule has 0 aliphatic carbocycles. The quantitative estimate of drug-likeness (QED) is 0.714. The lowest BCUT2D eigenvalue weighted by Gasteiger charge is -2.41. The molecule has 1 saturated heterocycles. The minimum absolute atomic E-state index is 0.244. The third-order valence-electron chi connectivity index (χ3n) is 4.34. The number of pyridine rings is 1. The van der Waals surface area contributed by atoms with Gasteiger partial charge in [-0.25, -0.2) is 9.37 Å². The Morgan fingerprint density at radius 3 is 2.88 bits per heavy atom. The molecule has 124 valence electrons. The van der Waals surface area contributed by atoms with Crippen molar-refractivity contribution >= 4 is 17.2 Å². The monoisotopic (exact) mass is 327 g/mol. The van der Waals surface area contributed by atoms with Gasteiger partial charge in [0.2, 0.25) is 5.65 Å². The summed E-state index contributed by atoms with van der Waals surface area (Å²) in [5.41, 5.74) is 2.73. The maximum Gasteiger partial charge on any atom is 0.200 e. The van der Waals surface area contributed by atoms with E-state index in [1.807, 2.05) is 13.0 Å². The standard InChI is InChI=1S/C16H18FN7/c1-11-7-14(16-20-19-10-24(16)21-11)22-5-6-23(12(2)9-22)15-4-3-13(17)8-18-15/h3-4,7-8,10,12H,5-6,9H2,1-2H3. The molecule has 0 spiro atoms. The molecule has 0 bridgehead atoms. The Morgan fingerprint density at radius 1 is 1.25 bits per heavy atom. The number of aryl methyl sites for hydroxylation is 1. The van der Waals surface area contributed by atoms with E-state index >= 15 is 0 Å². The Hall–Kier alpha value is -2.77. The lowest BCUT2D eigenvalue weighted by Crippen LogP contribution is -2.52. The SMILES string of the molecule is Cc1cc(N2CCN(c3ccc(F)cn3)C(C)C2)c2nncn2n1. The number of rotatable bonds is 2. The van der Waals surface area contributed by atoms with Crippen molar-refractivity contribution in [3.8, 4) is 0 Å². The number of aromatic nitrogens is 5. The maximum absolute atomic E-state index is 13.1. The van der Waals surface area contributed by atoms with Crippen LogP contribution in [0.3, 0.4) is 0 Å². The summed E-state index contributed by atoms with van der Waals surface area (Å²) in [6.45, 7) is 6.57. The summed E-state index contributed by atoms with van der Waals surface area (Å²) in [6.07, 6.45) is 2.88. The van der Waals surface area contributed by atoms with Crippen LogP contribution in [0.1, 0.15) is 12.6 Å². The molecule has 7 nitrogen and oxygen atoms in total. The van der Waals surface area contributed by atoms with E-state index in [0.29, 0.717) is 0 Å². The van der Waals surface area contributed by atoms with Crippen LogP contribution in [0, 0.1) is 12.7 Å². The van der Waals surface area contributed by atoms with Gasteiger partial charge >= 0.3 is 0 Å². The summed E-state index contributed by atoms with van der Waals surface area (Å²) in [5.74, 6) is 0.494. The number of hydrogen-bond acceptors (Lipinski definition) is 6. The zero-order chi connectivity index (χ0) is 16.7. The number of fused-ring (bicyclic) bond motifs is 1. The largest absolute Gasteiger partial charge is 0.365 e. The van der Waals surface area contributed by atoms with E-state index < -0.39 is 0 Å². The van der Waals surface area contributed by atoms with E-state index in [1.54, 1.807) is 16.9 Å². The second-order valence-electron chi connectivity index (χ2n) is 6.09. The second kappa shape index (κ2) is 5.70.